The summed E-state index contributed by atoms with van der Waals surface area (Å²) in [5, 5.41) is 20.3. The fourth-order valence-corrected chi connectivity index (χ4v) is 1.56. The van der Waals surface area contributed by atoms with Crippen LogP contribution in [0.3, 0.4) is 0 Å². The van der Waals surface area contributed by atoms with E-state index in [1.807, 2.05) is 0 Å². The van der Waals surface area contributed by atoms with Gasteiger partial charge >= 0.3 is 11.9 Å². The van der Waals surface area contributed by atoms with E-state index in [4.69, 9.17) is 20.7 Å². The molecule has 8 heteroatoms. The van der Waals surface area contributed by atoms with Gasteiger partial charge in [-0.3, -0.25) is 4.79 Å². The molecular formula is C13H16N2O6. The lowest BCUT2D eigenvalue weighted by atomic mass is 10.1. The molecule has 0 saturated heterocycles. The minimum absolute atomic E-state index is 0.0603. The van der Waals surface area contributed by atoms with Gasteiger partial charge in [-0.2, -0.15) is 0 Å². The highest BCUT2D eigenvalue weighted by molar-refractivity contribution is 5.99. The summed E-state index contributed by atoms with van der Waals surface area (Å²) in [6, 6.07) is 2.49. The second-order valence-electron chi connectivity index (χ2n) is 4.29. The highest BCUT2D eigenvalue weighted by Crippen LogP contribution is 2.16. The van der Waals surface area contributed by atoms with Gasteiger partial charge in [0, 0.05) is 19.4 Å². The van der Waals surface area contributed by atoms with Crippen LogP contribution in [-0.4, -0.2) is 47.8 Å². The van der Waals surface area contributed by atoms with Crippen LogP contribution in [0, 0.1) is 0 Å². The maximum absolute atomic E-state index is 11.8. The molecule has 1 rings (SSSR count). The number of ether oxygens (including phenoxy) is 1. The zero-order valence-electron chi connectivity index (χ0n) is 11.3. The van der Waals surface area contributed by atoms with E-state index in [1.165, 1.54) is 7.11 Å². The summed E-state index contributed by atoms with van der Waals surface area (Å²) in [6.45, 7) is 0.296. The van der Waals surface area contributed by atoms with E-state index < -0.39 is 23.9 Å². The number of hydrogen-bond acceptors (Lipinski definition) is 5. The predicted octanol–water partition coefficient (Wildman–Crippen LogP) is 0.385. The van der Waals surface area contributed by atoms with Crippen LogP contribution in [0.25, 0.3) is 0 Å². The number of carbonyl (C=O) groups excluding carboxylic acids is 1. The molecule has 0 aliphatic rings. The van der Waals surface area contributed by atoms with Gasteiger partial charge in [-0.05, 0) is 24.6 Å². The van der Waals surface area contributed by atoms with E-state index in [0.717, 1.165) is 18.2 Å². The van der Waals surface area contributed by atoms with Gasteiger partial charge in [0.2, 0.25) is 5.91 Å². The molecule has 114 valence electrons. The summed E-state index contributed by atoms with van der Waals surface area (Å²) in [5.74, 6) is -3.14. The molecule has 21 heavy (non-hydrogen) atoms. The zero-order valence-corrected chi connectivity index (χ0v) is 11.3. The number of amides is 1. The second kappa shape index (κ2) is 7.36. The summed E-state index contributed by atoms with van der Waals surface area (Å²) in [5.41, 5.74) is 5.20. The van der Waals surface area contributed by atoms with Crippen LogP contribution >= 0.6 is 0 Å². The van der Waals surface area contributed by atoms with Gasteiger partial charge in [0.25, 0.3) is 0 Å². The lowest BCUT2D eigenvalue weighted by Crippen LogP contribution is -2.36. The van der Waals surface area contributed by atoms with Crippen molar-refractivity contribution < 1.29 is 29.3 Å². The molecule has 8 nitrogen and oxygen atoms in total. The Labute approximate surface area is 120 Å². The Balaban J connectivity index is 2.94. The molecule has 0 aromatic heterocycles. The normalized spacial score (nSPS) is 11.7. The Morgan fingerprint density at radius 2 is 1.71 bits per heavy atom. The Morgan fingerprint density at radius 3 is 2.14 bits per heavy atom. The fraction of sp³-hybridized carbons (Fsp3) is 0.308. The highest BCUT2D eigenvalue weighted by Gasteiger charge is 2.16. The quantitative estimate of drug-likeness (QED) is 0.570. The number of carboxylic acid groups (broad SMARTS) is 2. The first-order valence-electron chi connectivity index (χ1n) is 6.02. The third-order valence-corrected chi connectivity index (χ3v) is 2.66. The van der Waals surface area contributed by atoms with Crippen molar-refractivity contribution in [3.63, 3.8) is 0 Å². The van der Waals surface area contributed by atoms with Crippen molar-refractivity contribution in [2.45, 2.75) is 12.5 Å². The molecule has 1 amide bonds. The molecule has 0 fully saturated rings. The van der Waals surface area contributed by atoms with E-state index in [-0.39, 0.29) is 23.2 Å². The number of hydrogen-bond donors (Lipinski definition) is 4. The maximum atomic E-state index is 11.8. The summed E-state index contributed by atoms with van der Waals surface area (Å²) in [6.07, 6.45) is 0.284. The van der Waals surface area contributed by atoms with Crippen molar-refractivity contribution in [2.24, 2.45) is 5.73 Å². The SMILES string of the molecule is COCCC(N)C(=O)Nc1cc(C(=O)O)cc(C(=O)O)c1. The summed E-state index contributed by atoms with van der Waals surface area (Å²) in [4.78, 5) is 33.7. The number of carbonyl (C=O) groups is 3. The van der Waals surface area contributed by atoms with Crippen LogP contribution < -0.4 is 11.1 Å². The monoisotopic (exact) mass is 296 g/mol. The Hall–Kier alpha value is -2.45. The van der Waals surface area contributed by atoms with Gasteiger partial charge in [-0.1, -0.05) is 0 Å². The molecule has 5 N–H and O–H groups in total. The number of nitrogens with one attached hydrogen (secondary N) is 1. The average molecular weight is 296 g/mol. The number of methoxy groups -OCH3 is 1. The topological polar surface area (TPSA) is 139 Å². The first-order chi connectivity index (χ1) is 9.85. The number of rotatable bonds is 7. The molecule has 0 heterocycles. The summed E-state index contributed by atoms with van der Waals surface area (Å²) in [7, 11) is 1.47. The van der Waals surface area contributed by atoms with Gasteiger partial charge in [0.1, 0.15) is 0 Å². The van der Waals surface area contributed by atoms with Crippen LogP contribution in [0.15, 0.2) is 18.2 Å². The number of benzene rings is 1. The Bertz CT molecular complexity index is 525. The zero-order chi connectivity index (χ0) is 16.0. The lowest BCUT2D eigenvalue weighted by Gasteiger charge is -2.12. The van der Waals surface area contributed by atoms with E-state index in [1.54, 1.807) is 0 Å². The molecule has 0 saturated carbocycles. The Morgan fingerprint density at radius 1 is 1.19 bits per heavy atom. The van der Waals surface area contributed by atoms with Crippen molar-refractivity contribution in [1.82, 2.24) is 0 Å². The minimum atomic E-state index is -1.29. The molecule has 0 aliphatic carbocycles. The Kier molecular flexibility index (Phi) is 5.82. The van der Waals surface area contributed by atoms with Gasteiger partial charge < -0.3 is 26.0 Å². The molecule has 1 atom stereocenters. The molecular weight excluding hydrogens is 280 g/mol. The van der Waals surface area contributed by atoms with Gasteiger partial charge in [-0.25, -0.2) is 9.59 Å². The molecule has 1 aromatic rings. The maximum Gasteiger partial charge on any atom is 0.335 e. The van der Waals surface area contributed by atoms with Gasteiger partial charge in [-0.15, -0.1) is 0 Å². The third-order valence-electron chi connectivity index (χ3n) is 2.66. The fourth-order valence-electron chi connectivity index (χ4n) is 1.56. The summed E-state index contributed by atoms with van der Waals surface area (Å²) < 4.78 is 4.80. The highest BCUT2D eigenvalue weighted by atomic mass is 16.5. The number of aromatic carboxylic acids is 2. The van der Waals surface area contributed by atoms with Crippen molar-refractivity contribution in [3.05, 3.63) is 29.3 Å². The van der Waals surface area contributed by atoms with E-state index >= 15 is 0 Å². The second-order valence-corrected chi connectivity index (χ2v) is 4.29. The molecule has 1 aromatic carbocycles. The lowest BCUT2D eigenvalue weighted by molar-refractivity contribution is -0.117. The van der Waals surface area contributed by atoms with E-state index in [0.29, 0.717) is 6.61 Å². The van der Waals surface area contributed by atoms with Crippen LogP contribution in [0.2, 0.25) is 0 Å². The van der Waals surface area contributed by atoms with Crippen molar-refractivity contribution in [1.29, 1.82) is 0 Å². The molecule has 0 radical (unpaired) electrons. The third kappa shape index (κ3) is 4.86. The van der Waals surface area contributed by atoms with Gasteiger partial charge in [0.15, 0.2) is 0 Å². The first kappa shape index (κ1) is 16.6. The first-order valence-corrected chi connectivity index (χ1v) is 6.02. The van der Waals surface area contributed by atoms with Crippen LogP contribution in [0.5, 0.6) is 0 Å². The number of anilines is 1. The standard InChI is InChI=1S/C13H16N2O6/c1-21-3-2-10(14)11(16)15-9-5-7(12(17)18)4-8(6-9)13(19)20/h4-6,10H,2-3,14H2,1H3,(H,15,16)(H,17,18)(H,19,20). The largest absolute Gasteiger partial charge is 0.478 e. The van der Waals surface area contributed by atoms with Gasteiger partial charge in [0.05, 0.1) is 17.2 Å². The molecule has 0 aliphatic heterocycles. The average Bonchev–Trinajstić information content (AvgIpc) is 2.44. The van der Waals surface area contributed by atoms with E-state index in [2.05, 4.69) is 5.32 Å². The van der Waals surface area contributed by atoms with Crippen molar-refractivity contribution in [2.75, 3.05) is 19.0 Å². The number of carboxylic acids is 2. The van der Waals surface area contributed by atoms with Crippen LogP contribution in [-0.2, 0) is 9.53 Å². The smallest absolute Gasteiger partial charge is 0.335 e. The van der Waals surface area contributed by atoms with Crippen molar-refractivity contribution >= 4 is 23.5 Å². The summed E-state index contributed by atoms with van der Waals surface area (Å²) >= 11 is 0. The minimum Gasteiger partial charge on any atom is -0.478 e. The molecule has 0 spiro atoms. The van der Waals surface area contributed by atoms with E-state index in [9.17, 15) is 14.4 Å². The van der Waals surface area contributed by atoms with Crippen LogP contribution in [0.4, 0.5) is 5.69 Å². The van der Waals surface area contributed by atoms with Crippen LogP contribution in [0.1, 0.15) is 27.1 Å². The van der Waals surface area contributed by atoms with Crippen molar-refractivity contribution in [3.8, 4) is 0 Å². The molecule has 1 unspecified atom stereocenters. The molecule has 0 bridgehead atoms. The number of nitrogens with two attached hydrogens (primary N) is 1. The predicted molar refractivity (Wildman–Crippen MR) is 73.5 cm³/mol.